The number of hydrogen-bond acceptors (Lipinski definition) is 2. The predicted molar refractivity (Wildman–Crippen MR) is 294 cm³/mol. The van der Waals surface area contributed by atoms with Crippen molar-refractivity contribution < 1.29 is 0 Å². The monoisotopic (exact) mass is 859 g/mol. The van der Waals surface area contributed by atoms with Crippen LogP contribution in [0.2, 0.25) is 0 Å². The van der Waals surface area contributed by atoms with Crippen LogP contribution in [-0.4, -0.2) is 18.5 Å². The van der Waals surface area contributed by atoms with Gasteiger partial charge in [0.2, 0.25) is 0 Å². The van der Waals surface area contributed by atoms with Crippen LogP contribution in [0.4, 0.5) is 0 Å². The predicted octanol–water partition coefficient (Wildman–Crippen LogP) is 18.0. The Bertz CT molecular complexity index is 7130. The number of likely N-dealkylation sites (N-methyl/N-ethyl adjacent to an activating group) is 1. The molecule has 2 heteroatoms. The number of benzene rings is 18. The average Bonchev–Trinajstić information content (AvgIpc) is 4.24. The van der Waals surface area contributed by atoms with Gasteiger partial charge in [-0.2, -0.15) is 0 Å². The number of rotatable bonds is 1. The highest BCUT2D eigenvalue weighted by atomic mass is 32.1. The molecule has 34 rings (SSSR count). The molecule has 288 valence electrons. The van der Waals surface area contributed by atoms with E-state index in [-0.39, 0.29) is 16.9 Å². The molecule has 2 heterocycles. The number of thiophene rings is 1. The maximum absolute atomic E-state index is 2.96. The van der Waals surface area contributed by atoms with Crippen LogP contribution in [0.5, 0.6) is 0 Å². The van der Waals surface area contributed by atoms with Crippen LogP contribution in [0.3, 0.4) is 0 Å². The molecule has 1 unspecified atom stereocenters. The van der Waals surface area contributed by atoms with Crippen molar-refractivity contribution in [3.63, 3.8) is 0 Å². The smallest absolute Gasteiger partial charge is 0.0590 e. The third-order valence-electron chi connectivity index (χ3n) is 25.7. The maximum Gasteiger partial charge on any atom is 0.0590 e. The molecule has 1 saturated heterocycles. The van der Waals surface area contributed by atoms with Crippen molar-refractivity contribution in [3.8, 4) is 0 Å². The largest absolute Gasteiger partial charge is 0.296 e. The highest BCUT2D eigenvalue weighted by molar-refractivity contribution is 7.10. The van der Waals surface area contributed by atoms with Crippen molar-refractivity contribution in [2.75, 3.05) is 13.6 Å². The third kappa shape index (κ3) is 1.33. The van der Waals surface area contributed by atoms with Crippen molar-refractivity contribution in [2.45, 2.75) is 16.9 Å². The van der Waals surface area contributed by atoms with E-state index in [0.29, 0.717) is 0 Å². The van der Waals surface area contributed by atoms with Crippen molar-refractivity contribution >= 4 is 302 Å². The molecule has 5 aliphatic rings. The fourth-order valence-electron chi connectivity index (χ4n) is 25.9. The van der Waals surface area contributed by atoms with E-state index in [1.165, 1.54) is 0 Å². The summed E-state index contributed by atoms with van der Waals surface area (Å²) in [5.41, 5.74) is 6.71. The van der Waals surface area contributed by atoms with Crippen molar-refractivity contribution in [2.24, 2.45) is 0 Å². The molecular formula is C67H9NS. The Labute approximate surface area is 380 Å². The van der Waals surface area contributed by atoms with Crippen LogP contribution in [0.1, 0.15) is 33.2 Å². The molecule has 28 aromatic carbocycles. The first-order valence-electron chi connectivity index (χ1n) is 25.8. The Hall–Kier alpha value is -7.88. The number of nitrogens with zero attached hydrogens (tertiary/aromatic N) is 1. The lowest BCUT2D eigenvalue weighted by Gasteiger charge is -2.52. The Balaban J connectivity index is 1.21. The third-order valence-corrected chi connectivity index (χ3v) is 26.6. The summed E-state index contributed by atoms with van der Waals surface area (Å²) in [4.78, 5) is 4.53. The first kappa shape index (κ1) is 25.5. The quantitative estimate of drug-likeness (QED) is 0.149. The van der Waals surface area contributed by atoms with Gasteiger partial charge in [-0.1, -0.05) is 6.07 Å². The van der Waals surface area contributed by atoms with Crippen LogP contribution >= 0.6 is 11.3 Å². The molecule has 1 atom stereocenters. The summed E-state index contributed by atoms with van der Waals surface area (Å²) >= 11 is 2.05. The van der Waals surface area contributed by atoms with Crippen LogP contribution in [0.15, 0.2) is 17.5 Å². The average molecular weight is 860 g/mol. The van der Waals surface area contributed by atoms with Gasteiger partial charge in [-0.3, -0.25) is 4.90 Å². The van der Waals surface area contributed by atoms with E-state index >= 15 is 0 Å². The second-order valence-corrected chi connectivity index (χ2v) is 26.8. The zero-order valence-corrected chi connectivity index (χ0v) is 36.2. The lowest BCUT2D eigenvalue weighted by Crippen LogP contribution is -2.51. The molecule has 69 heavy (non-hydrogen) atoms. The molecule has 1 nitrogen and oxygen atoms in total. The molecular weight excluding hydrogens is 851 g/mol. The minimum atomic E-state index is -0.252. The second kappa shape index (κ2) is 5.69. The summed E-state index contributed by atoms with van der Waals surface area (Å²) < 4.78 is 0. The standard InChI is InChI=1S/C67H9NS/c1-68-5-66-61-53-45-35-25-17-9-7-8-11-15-13(9)21-29-23(15)33-27-19(11)20-12(8)16-14-10(7)18(17)26-32-22(14)30-24(16)34-28(20)38-37(27)49-43(33)51-41(29)47(39(45)31(21)25)55(61)57(51)63-59(49)60-50(38)44(34)52-42(30)48-40(32)46(36(26)35)54(53)62(66)56(48)58(52)64(60)67(63,66)65(68)6-3-2-4-69-6/h2-4,65H,5H2,1H3. The molecule has 29 aromatic rings. The lowest BCUT2D eigenvalue weighted by molar-refractivity contribution is 0.276. The molecule has 1 fully saturated rings. The SMILES string of the molecule is CN1CC23c4c5c6c7c8c9c(c%10c%11c2c2c4c4c%12c5c5c6c6c8c8c%13c9c9c%10c%10c%11c%11c2c2c4c4c%12c%12c5c5c6c8c6c8c%13c9c9c%10c%10c%11c2c2c4c4c%12c5c6c5c8c9c%10c2c45)C73C1c1cccs1. The van der Waals surface area contributed by atoms with E-state index in [9.17, 15) is 0 Å². The molecule has 0 saturated carbocycles. The van der Waals surface area contributed by atoms with Crippen molar-refractivity contribution in [1.82, 2.24) is 4.90 Å². The van der Waals surface area contributed by atoms with E-state index < -0.39 is 0 Å². The van der Waals surface area contributed by atoms with Gasteiger partial charge >= 0.3 is 0 Å². The van der Waals surface area contributed by atoms with Crippen LogP contribution < -0.4 is 0 Å². The zero-order chi connectivity index (χ0) is 40.8. The van der Waals surface area contributed by atoms with Crippen molar-refractivity contribution in [3.05, 3.63) is 44.6 Å². The van der Waals surface area contributed by atoms with E-state index in [2.05, 4.69) is 40.8 Å². The Morgan fingerprint density at radius 1 is 0.304 bits per heavy atom. The fraction of sp³-hybridized carbons (Fsp3) is 0.0746. The van der Waals surface area contributed by atoms with Gasteiger partial charge in [0, 0.05) is 11.4 Å². The minimum Gasteiger partial charge on any atom is -0.296 e. The molecule has 0 radical (unpaired) electrons. The van der Waals surface area contributed by atoms with Crippen LogP contribution in [0, 0.1) is 0 Å². The maximum atomic E-state index is 2.96. The van der Waals surface area contributed by atoms with E-state index in [1.54, 1.807) is 318 Å². The van der Waals surface area contributed by atoms with Gasteiger partial charge in [0.1, 0.15) is 0 Å². The van der Waals surface area contributed by atoms with E-state index in [1.807, 2.05) is 0 Å². The first-order valence-corrected chi connectivity index (χ1v) is 26.7. The molecule has 2 spiro atoms. The summed E-state index contributed by atoms with van der Waals surface area (Å²) in [5.74, 6) is 0. The summed E-state index contributed by atoms with van der Waals surface area (Å²) in [6, 6.07) is 5.20. The van der Waals surface area contributed by atoms with Crippen LogP contribution in [-0.2, 0) is 10.8 Å². The number of hydrogen-bond donors (Lipinski definition) is 0. The van der Waals surface area contributed by atoms with E-state index in [4.69, 9.17) is 0 Å². The number of likely N-dealkylation sites (tertiary alicyclic amines) is 1. The zero-order valence-electron chi connectivity index (χ0n) is 35.4. The lowest BCUT2D eigenvalue weighted by atomic mass is 9.48. The summed E-state index contributed by atoms with van der Waals surface area (Å²) in [5, 5.41) is 93.3. The van der Waals surface area contributed by atoms with Gasteiger partial charge in [0.25, 0.3) is 0 Å². The molecule has 1 aromatic heterocycles. The summed E-state index contributed by atoms with van der Waals surface area (Å²) in [6.07, 6.45) is 0. The van der Waals surface area contributed by atoms with Crippen LogP contribution in [0.25, 0.3) is 291 Å². The topological polar surface area (TPSA) is 3.24 Å². The summed E-state index contributed by atoms with van der Waals surface area (Å²) in [7, 11) is 2.58. The van der Waals surface area contributed by atoms with Gasteiger partial charge in [-0.15, -0.1) is 11.3 Å². The van der Waals surface area contributed by atoms with Gasteiger partial charge in [-0.25, -0.2) is 0 Å². The van der Waals surface area contributed by atoms with Crippen molar-refractivity contribution in [1.29, 1.82) is 0 Å². The second-order valence-electron chi connectivity index (χ2n) is 25.8. The Morgan fingerprint density at radius 2 is 0.507 bits per heavy atom. The highest BCUT2D eigenvalue weighted by Crippen LogP contribution is 2.87. The Morgan fingerprint density at radius 3 is 0.710 bits per heavy atom. The highest BCUT2D eigenvalue weighted by Gasteiger charge is 2.76. The van der Waals surface area contributed by atoms with Gasteiger partial charge < -0.3 is 0 Å². The molecule has 0 bridgehead atoms. The van der Waals surface area contributed by atoms with Gasteiger partial charge in [-0.05, 0) is 332 Å². The van der Waals surface area contributed by atoms with E-state index in [0.717, 1.165) is 6.54 Å². The molecule has 4 aliphatic carbocycles. The summed E-state index contributed by atoms with van der Waals surface area (Å²) in [6.45, 7) is 1.07. The van der Waals surface area contributed by atoms with Gasteiger partial charge in [0.05, 0.1) is 16.9 Å². The molecule has 1 aliphatic heterocycles. The molecule has 0 N–H and O–H groups in total. The Kier molecular flexibility index (Phi) is 2.10. The van der Waals surface area contributed by atoms with Gasteiger partial charge in [0.15, 0.2) is 0 Å². The molecule has 0 amide bonds. The normalized spacial score (nSPS) is 24.2. The fourth-order valence-corrected chi connectivity index (χ4v) is 26.9. The minimum absolute atomic E-state index is 0.207. The first-order chi connectivity index (χ1) is 34.3.